The minimum atomic E-state index is 0.462. The maximum atomic E-state index is 5.28. The number of nitrogens with one attached hydrogen (secondary N) is 1. The lowest BCUT2D eigenvalue weighted by Gasteiger charge is -2.16. The second kappa shape index (κ2) is 6.73. The van der Waals surface area contributed by atoms with Crippen LogP contribution in [-0.2, 0) is 24.3 Å². The molecule has 0 fully saturated rings. The standard InChI is InChI=1S/C18H20BrNO/c1-21-12-15-5-3-2-4-14(15)11-20-18-9-6-13-10-16(19)7-8-17(13)18/h2-5,7-8,10,18,20H,6,9,11-12H2,1H3. The van der Waals surface area contributed by atoms with E-state index in [9.17, 15) is 0 Å². The molecule has 2 aromatic carbocycles. The van der Waals surface area contributed by atoms with Crippen LogP contribution >= 0.6 is 15.9 Å². The van der Waals surface area contributed by atoms with E-state index >= 15 is 0 Å². The van der Waals surface area contributed by atoms with Gasteiger partial charge in [-0.2, -0.15) is 0 Å². The van der Waals surface area contributed by atoms with Crippen LogP contribution in [0.2, 0.25) is 0 Å². The number of rotatable bonds is 5. The van der Waals surface area contributed by atoms with Gasteiger partial charge < -0.3 is 10.1 Å². The molecule has 0 spiro atoms. The Morgan fingerprint density at radius 3 is 2.81 bits per heavy atom. The Kier molecular flexibility index (Phi) is 4.73. The highest BCUT2D eigenvalue weighted by atomic mass is 79.9. The number of methoxy groups -OCH3 is 1. The zero-order valence-corrected chi connectivity index (χ0v) is 13.8. The number of hydrogen-bond donors (Lipinski definition) is 1. The summed E-state index contributed by atoms with van der Waals surface area (Å²) < 4.78 is 6.45. The molecule has 0 aliphatic heterocycles. The second-order valence-electron chi connectivity index (χ2n) is 5.52. The first-order chi connectivity index (χ1) is 10.3. The summed E-state index contributed by atoms with van der Waals surface area (Å²) in [7, 11) is 1.75. The summed E-state index contributed by atoms with van der Waals surface area (Å²) in [5.41, 5.74) is 5.50. The lowest BCUT2D eigenvalue weighted by molar-refractivity contribution is 0.184. The van der Waals surface area contributed by atoms with Crippen molar-refractivity contribution in [2.75, 3.05) is 7.11 Å². The highest BCUT2D eigenvalue weighted by molar-refractivity contribution is 9.10. The Balaban J connectivity index is 1.70. The Bertz CT molecular complexity index is 626. The average molecular weight is 346 g/mol. The van der Waals surface area contributed by atoms with Gasteiger partial charge in [0.2, 0.25) is 0 Å². The number of aryl methyl sites for hydroxylation is 1. The summed E-state index contributed by atoms with van der Waals surface area (Å²) in [6.07, 6.45) is 2.34. The van der Waals surface area contributed by atoms with E-state index < -0.39 is 0 Å². The minimum Gasteiger partial charge on any atom is -0.380 e. The first kappa shape index (κ1) is 14.8. The molecular weight excluding hydrogens is 326 g/mol. The van der Waals surface area contributed by atoms with Gasteiger partial charge in [-0.15, -0.1) is 0 Å². The van der Waals surface area contributed by atoms with Gasteiger partial charge in [-0.25, -0.2) is 0 Å². The van der Waals surface area contributed by atoms with Crippen LogP contribution in [-0.4, -0.2) is 7.11 Å². The molecule has 3 heteroatoms. The number of fused-ring (bicyclic) bond motifs is 1. The maximum absolute atomic E-state index is 5.28. The highest BCUT2D eigenvalue weighted by Crippen LogP contribution is 2.33. The van der Waals surface area contributed by atoms with Crippen molar-refractivity contribution in [1.82, 2.24) is 5.32 Å². The third kappa shape index (κ3) is 3.37. The largest absolute Gasteiger partial charge is 0.380 e. The third-order valence-corrected chi connectivity index (χ3v) is 4.63. The van der Waals surface area contributed by atoms with Gasteiger partial charge in [-0.1, -0.05) is 46.3 Å². The van der Waals surface area contributed by atoms with Crippen LogP contribution in [0.15, 0.2) is 46.9 Å². The summed E-state index contributed by atoms with van der Waals surface area (Å²) in [5.74, 6) is 0. The van der Waals surface area contributed by atoms with Crippen LogP contribution < -0.4 is 5.32 Å². The fourth-order valence-corrected chi connectivity index (χ4v) is 3.47. The molecule has 0 radical (unpaired) electrons. The fourth-order valence-electron chi connectivity index (χ4n) is 3.06. The number of benzene rings is 2. The van der Waals surface area contributed by atoms with Crippen LogP contribution in [0.5, 0.6) is 0 Å². The van der Waals surface area contributed by atoms with Crippen LogP contribution in [0.1, 0.15) is 34.7 Å². The van der Waals surface area contributed by atoms with E-state index in [0.29, 0.717) is 12.6 Å². The fraction of sp³-hybridized carbons (Fsp3) is 0.333. The molecule has 0 saturated heterocycles. The predicted molar refractivity (Wildman–Crippen MR) is 89.2 cm³/mol. The van der Waals surface area contributed by atoms with Gasteiger partial charge in [0.15, 0.2) is 0 Å². The number of hydrogen-bond acceptors (Lipinski definition) is 2. The molecule has 1 aliphatic carbocycles. The molecule has 3 rings (SSSR count). The first-order valence-electron chi connectivity index (χ1n) is 7.35. The quantitative estimate of drug-likeness (QED) is 0.868. The van der Waals surface area contributed by atoms with Crippen molar-refractivity contribution < 1.29 is 4.74 Å². The molecule has 21 heavy (non-hydrogen) atoms. The molecule has 1 unspecified atom stereocenters. The maximum Gasteiger partial charge on any atom is 0.0716 e. The summed E-state index contributed by atoms with van der Waals surface area (Å²) in [6, 6.07) is 15.6. The summed E-state index contributed by atoms with van der Waals surface area (Å²) in [5, 5.41) is 3.70. The van der Waals surface area contributed by atoms with E-state index in [2.05, 4.69) is 63.7 Å². The topological polar surface area (TPSA) is 21.3 Å². The Hall–Kier alpha value is -1.16. The van der Waals surface area contributed by atoms with Gasteiger partial charge >= 0.3 is 0 Å². The molecular formula is C18H20BrNO. The highest BCUT2D eigenvalue weighted by Gasteiger charge is 2.22. The average Bonchev–Trinajstić information content (AvgIpc) is 2.89. The summed E-state index contributed by atoms with van der Waals surface area (Å²) in [6.45, 7) is 1.56. The molecule has 1 atom stereocenters. The zero-order chi connectivity index (χ0) is 14.7. The van der Waals surface area contributed by atoms with E-state index in [1.165, 1.54) is 33.1 Å². The van der Waals surface area contributed by atoms with Crippen LogP contribution in [0.25, 0.3) is 0 Å². The smallest absolute Gasteiger partial charge is 0.0716 e. The molecule has 0 aromatic heterocycles. The van der Waals surface area contributed by atoms with E-state index in [4.69, 9.17) is 4.74 Å². The SMILES string of the molecule is COCc1ccccc1CNC1CCc2cc(Br)ccc21. The van der Waals surface area contributed by atoms with Gasteiger partial charge in [0, 0.05) is 24.2 Å². The molecule has 1 N–H and O–H groups in total. The number of ether oxygens (including phenoxy) is 1. The van der Waals surface area contributed by atoms with Gasteiger partial charge in [-0.3, -0.25) is 0 Å². The van der Waals surface area contributed by atoms with Crippen molar-refractivity contribution in [3.63, 3.8) is 0 Å². The normalized spacial score (nSPS) is 17.0. The summed E-state index contributed by atoms with van der Waals surface area (Å²) >= 11 is 3.55. The molecule has 2 nitrogen and oxygen atoms in total. The lowest BCUT2D eigenvalue weighted by Crippen LogP contribution is -2.19. The Morgan fingerprint density at radius 1 is 1.19 bits per heavy atom. The van der Waals surface area contributed by atoms with Gasteiger partial charge in [0.05, 0.1) is 6.61 Å². The Labute approximate surface area is 134 Å². The predicted octanol–water partition coefficient (Wildman–Crippen LogP) is 4.37. The van der Waals surface area contributed by atoms with Gasteiger partial charge in [-0.05, 0) is 47.2 Å². The monoisotopic (exact) mass is 345 g/mol. The third-order valence-electron chi connectivity index (χ3n) is 4.14. The molecule has 1 aliphatic rings. The van der Waals surface area contributed by atoms with Gasteiger partial charge in [0.25, 0.3) is 0 Å². The van der Waals surface area contributed by atoms with Gasteiger partial charge in [0.1, 0.15) is 0 Å². The Morgan fingerprint density at radius 2 is 2.00 bits per heavy atom. The number of halogens is 1. The lowest BCUT2D eigenvalue weighted by atomic mass is 10.1. The molecule has 2 aromatic rings. The van der Waals surface area contributed by atoms with Crippen LogP contribution in [0, 0.1) is 0 Å². The van der Waals surface area contributed by atoms with Crippen molar-refractivity contribution in [2.45, 2.75) is 32.0 Å². The van der Waals surface area contributed by atoms with Crippen molar-refractivity contribution >= 4 is 15.9 Å². The first-order valence-corrected chi connectivity index (χ1v) is 8.14. The van der Waals surface area contributed by atoms with E-state index in [-0.39, 0.29) is 0 Å². The van der Waals surface area contributed by atoms with Crippen molar-refractivity contribution in [1.29, 1.82) is 0 Å². The zero-order valence-electron chi connectivity index (χ0n) is 12.2. The molecule has 0 heterocycles. The molecule has 0 amide bonds. The van der Waals surface area contributed by atoms with Crippen molar-refractivity contribution in [3.05, 3.63) is 69.2 Å². The minimum absolute atomic E-state index is 0.462. The van der Waals surface area contributed by atoms with E-state index in [0.717, 1.165) is 13.0 Å². The van der Waals surface area contributed by atoms with E-state index in [1.54, 1.807) is 7.11 Å². The molecule has 110 valence electrons. The van der Waals surface area contributed by atoms with Crippen molar-refractivity contribution in [3.8, 4) is 0 Å². The van der Waals surface area contributed by atoms with E-state index in [1.807, 2.05) is 0 Å². The molecule has 0 saturated carbocycles. The van der Waals surface area contributed by atoms with Crippen LogP contribution in [0.4, 0.5) is 0 Å². The van der Waals surface area contributed by atoms with Crippen molar-refractivity contribution in [2.24, 2.45) is 0 Å². The molecule has 0 bridgehead atoms. The second-order valence-corrected chi connectivity index (χ2v) is 6.43. The van der Waals surface area contributed by atoms with Crippen LogP contribution in [0.3, 0.4) is 0 Å². The summed E-state index contributed by atoms with van der Waals surface area (Å²) in [4.78, 5) is 0.